The summed E-state index contributed by atoms with van der Waals surface area (Å²) in [5.74, 6) is 0.484. The molecule has 0 radical (unpaired) electrons. The number of benzene rings is 2. The smallest absolute Gasteiger partial charge is 0.338 e. The highest BCUT2D eigenvalue weighted by Gasteiger charge is 2.07. The van der Waals surface area contributed by atoms with Crippen LogP contribution < -0.4 is 10.5 Å². The van der Waals surface area contributed by atoms with Crippen LogP contribution in [-0.2, 0) is 17.8 Å². The molecule has 0 aliphatic rings. The first kappa shape index (κ1) is 16.0. The van der Waals surface area contributed by atoms with E-state index in [4.69, 9.17) is 15.2 Å². The van der Waals surface area contributed by atoms with Crippen molar-refractivity contribution in [2.24, 2.45) is 5.73 Å². The Bertz CT molecular complexity index is 608. The lowest BCUT2D eigenvalue weighted by Gasteiger charge is -2.08. The first-order chi connectivity index (χ1) is 10.7. The van der Waals surface area contributed by atoms with E-state index in [-0.39, 0.29) is 5.97 Å². The summed E-state index contributed by atoms with van der Waals surface area (Å²) >= 11 is 0. The van der Waals surface area contributed by atoms with Crippen molar-refractivity contribution in [1.29, 1.82) is 0 Å². The molecule has 0 saturated carbocycles. The van der Waals surface area contributed by atoms with Crippen molar-refractivity contribution in [3.05, 3.63) is 65.2 Å². The van der Waals surface area contributed by atoms with E-state index < -0.39 is 0 Å². The summed E-state index contributed by atoms with van der Waals surface area (Å²) in [6.07, 6.45) is 0.863. The van der Waals surface area contributed by atoms with Gasteiger partial charge in [-0.3, -0.25) is 0 Å². The largest absolute Gasteiger partial charge is 0.489 e. The number of esters is 1. The molecule has 0 aliphatic carbocycles. The molecule has 4 nitrogen and oxygen atoms in total. The average molecular weight is 299 g/mol. The van der Waals surface area contributed by atoms with E-state index >= 15 is 0 Å². The van der Waals surface area contributed by atoms with Crippen molar-refractivity contribution < 1.29 is 14.3 Å². The van der Waals surface area contributed by atoms with Gasteiger partial charge >= 0.3 is 5.97 Å². The van der Waals surface area contributed by atoms with Crippen molar-refractivity contribution in [1.82, 2.24) is 0 Å². The van der Waals surface area contributed by atoms with Crippen LogP contribution in [0.5, 0.6) is 5.75 Å². The molecule has 0 atom stereocenters. The minimum atomic E-state index is -0.310. The fraction of sp³-hybridized carbons (Fsp3) is 0.278. The summed E-state index contributed by atoms with van der Waals surface area (Å²) in [4.78, 5) is 11.7. The van der Waals surface area contributed by atoms with Crippen molar-refractivity contribution in [2.45, 2.75) is 20.0 Å². The lowest BCUT2D eigenvalue weighted by Crippen LogP contribution is -2.05. The first-order valence-electron chi connectivity index (χ1n) is 7.40. The molecule has 116 valence electrons. The Balaban J connectivity index is 1.96. The van der Waals surface area contributed by atoms with E-state index in [0.717, 1.165) is 17.7 Å². The average Bonchev–Trinajstić information content (AvgIpc) is 2.55. The Kier molecular flexibility index (Phi) is 5.98. The molecule has 0 aliphatic heterocycles. The van der Waals surface area contributed by atoms with Crippen LogP contribution in [0.15, 0.2) is 48.5 Å². The minimum Gasteiger partial charge on any atom is -0.489 e. The fourth-order valence-electron chi connectivity index (χ4n) is 2.09. The summed E-state index contributed by atoms with van der Waals surface area (Å²) in [6, 6.07) is 15.2. The number of rotatable bonds is 7. The van der Waals surface area contributed by atoms with Crippen molar-refractivity contribution in [2.75, 3.05) is 13.2 Å². The SMILES string of the molecule is CCOC(=O)c1cccc(COc2ccc(CCN)cc2)c1. The lowest BCUT2D eigenvalue weighted by molar-refractivity contribution is 0.0526. The van der Waals surface area contributed by atoms with Gasteiger partial charge in [0.2, 0.25) is 0 Å². The highest BCUT2D eigenvalue weighted by molar-refractivity contribution is 5.89. The summed E-state index contributed by atoms with van der Waals surface area (Å²) in [6.45, 7) is 3.21. The van der Waals surface area contributed by atoms with Crippen LogP contribution in [0.1, 0.15) is 28.4 Å². The van der Waals surface area contributed by atoms with E-state index in [2.05, 4.69) is 0 Å². The standard InChI is InChI=1S/C18H21NO3/c1-2-21-18(20)16-5-3-4-15(12-16)13-22-17-8-6-14(7-9-17)10-11-19/h3-9,12H,2,10-11,13,19H2,1H3. The molecule has 2 aromatic carbocycles. The molecule has 0 spiro atoms. The quantitative estimate of drug-likeness (QED) is 0.798. The van der Waals surface area contributed by atoms with Gasteiger partial charge in [0.1, 0.15) is 12.4 Å². The Labute approximate surface area is 130 Å². The molecule has 2 rings (SSSR count). The highest BCUT2D eigenvalue weighted by atomic mass is 16.5. The Morgan fingerprint density at radius 3 is 2.55 bits per heavy atom. The van der Waals surface area contributed by atoms with Gasteiger partial charge in [-0.2, -0.15) is 0 Å². The number of carbonyl (C=O) groups is 1. The molecule has 22 heavy (non-hydrogen) atoms. The number of ether oxygens (including phenoxy) is 2. The zero-order valence-corrected chi connectivity index (χ0v) is 12.7. The van der Waals surface area contributed by atoms with Gasteiger partial charge in [-0.15, -0.1) is 0 Å². The number of nitrogens with two attached hydrogens (primary N) is 1. The van der Waals surface area contributed by atoms with Crippen LogP contribution in [0.4, 0.5) is 0 Å². The van der Waals surface area contributed by atoms with Crippen molar-refractivity contribution >= 4 is 5.97 Å². The Morgan fingerprint density at radius 2 is 1.86 bits per heavy atom. The van der Waals surface area contributed by atoms with Crippen molar-refractivity contribution in [3.8, 4) is 5.75 Å². The van der Waals surface area contributed by atoms with Crippen LogP contribution in [0.2, 0.25) is 0 Å². The fourth-order valence-corrected chi connectivity index (χ4v) is 2.09. The van der Waals surface area contributed by atoms with Crippen LogP contribution in [0, 0.1) is 0 Å². The predicted octanol–water partition coefficient (Wildman–Crippen LogP) is 2.94. The van der Waals surface area contributed by atoms with Gasteiger partial charge in [-0.05, 0) is 55.3 Å². The van der Waals surface area contributed by atoms with Gasteiger partial charge in [-0.25, -0.2) is 4.79 Å². The molecule has 0 amide bonds. The second-order valence-corrected chi connectivity index (χ2v) is 4.89. The molecule has 2 N–H and O–H groups in total. The zero-order valence-electron chi connectivity index (χ0n) is 12.7. The molecule has 0 heterocycles. The summed E-state index contributed by atoms with van der Waals surface area (Å²) < 4.78 is 10.7. The maximum absolute atomic E-state index is 11.7. The third-order valence-corrected chi connectivity index (χ3v) is 3.20. The van der Waals surface area contributed by atoms with Crippen LogP contribution in [-0.4, -0.2) is 19.1 Å². The van der Waals surface area contributed by atoms with E-state index in [1.807, 2.05) is 36.4 Å². The molecule has 4 heteroatoms. The zero-order chi connectivity index (χ0) is 15.8. The molecular weight excluding hydrogens is 278 g/mol. The van der Waals surface area contributed by atoms with Gasteiger partial charge in [0.25, 0.3) is 0 Å². The molecule has 0 bridgehead atoms. The number of hydrogen-bond acceptors (Lipinski definition) is 4. The van der Waals surface area contributed by atoms with E-state index in [1.165, 1.54) is 5.56 Å². The van der Waals surface area contributed by atoms with Crippen LogP contribution in [0.3, 0.4) is 0 Å². The predicted molar refractivity (Wildman–Crippen MR) is 85.9 cm³/mol. The number of hydrogen-bond donors (Lipinski definition) is 1. The third-order valence-electron chi connectivity index (χ3n) is 3.20. The second-order valence-electron chi connectivity index (χ2n) is 4.89. The molecule has 0 saturated heterocycles. The van der Waals surface area contributed by atoms with E-state index in [9.17, 15) is 4.79 Å². The van der Waals surface area contributed by atoms with Gasteiger partial charge in [-0.1, -0.05) is 24.3 Å². The summed E-state index contributed by atoms with van der Waals surface area (Å²) in [7, 11) is 0. The molecule has 2 aromatic rings. The third kappa shape index (κ3) is 4.60. The summed E-state index contributed by atoms with van der Waals surface area (Å²) in [5.41, 5.74) is 8.19. The minimum absolute atomic E-state index is 0.310. The molecular formula is C18H21NO3. The maximum atomic E-state index is 11.7. The maximum Gasteiger partial charge on any atom is 0.338 e. The second kappa shape index (κ2) is 8.20. The molecule has 0 aromatic heterocycles. The van der Waals surface area contributed by atoms with Gasteiger partial charge in [0, 0.05) is 0 Å². The normalized spacial score (nSPS) is 10.3. The van der Waals surface area contributed by atoms with Gasteiger partial charge in [0.05, 0.1) is 12.2 Å². The Hall–Kier alpha value is -2.33. The summed E-state index contributed by atoms with van der Waals surface area (Å²) in [5, 5.41) is 0. The molecule has 0 fully saturated rings. The molecule has 0 unspecified atom stereocenters. The van der Waals surface area contributed by atoms with Crippen LogP contribution >= 0.6 is 0 Å². The van der Waals surface area contributed by atoms with Crippen molar-refractivity contribution in [3.63, 3.8) is 0 Å². The van der Waals surface area contributed by atoms with Gasteiger partial charge < -0.3 is 15.2 Å². The van der Waals surface area contributed by atoms with E-state index in [1.54, 1.807) is 19.1 Å². The Morgan fingerprint density at radius 1 is 1.09 bits per heavy atom. The first-order valence-corrected chi connectivity index (χ1v) is 7.40. The highest BCUT2D eigenvalue weighted by Crippen LogP contribution is 2.15. The van der Waals surface area contributed by atoms with E-state index in [0.29, 0.717) is 25.3 Å². The van der Waals surface area contributed by atoms with Gasteiger partial charge in [0.15, 0.2) is 0 Å². The lowest BCUT2D eigenvalue weighted by atomic mass is 10.1. The monoisotopic (exact) mass is 299 g/mol. The topological polar surface area (TPSA) is 61.5 Å². The number of carbonyl (C=O) groups excluding carboxylic acids is 1. The van der Waals surface area contributed by atoms with Crippen LogP contribution in [0.25, 0.3) is 0 Å².